The molecule has 5 rings (SSSR count). The number of halogens is 3. The molecule has 3 aliphatic heterocycles. The number of piperazine rings is 1. The Morgan fingerprint density at radius 3 is 2.38 bits per heavy atom. The average Bonchev–Trinajstić information content (AvgIpc) is 3.28. The second kappa shape index (κ2) is 10.8. The lowest BCUT2D eigenvalue weighted by molar-refractivity contribution is -0.141. The Morgan fingerprint density at radius 1 is 1.18 bits per heavy atom. The Labute approximate surface area is 232 Å². The van der Waals surface area contributed by atoms with Crippen LogP contribution < -0.4 is 9.80 Å². The zero-order chi connectivity index (χ0) is 28.8. The summed E-state index contributed by atoms with van der Waals surface area (Å²) in [4.78, 5) is 23.8. The largest absolute Gasteiger partial charge is 0.434 e. The molecular weight excluding hydrogens is 521 g/mol. The minimum absolute atomic E-state index is 0.0925. The molecule has 214 valence electrons. The Kier molecular flexibility index (Phi) is 7.52. The summed E-state index contributed by atoms with van der Waals surface area (Å²) in [6, 6.07) is 3.50. The summed E-state index contributed by atoms with van der Waals surface area (Å²) in [7, 11) is 1.92. The van der Waals surface area contributed by atoms with E-state index >= 15 is 0 Å². The molecule has 12 heteroatoms. The van der Waals surface area contributed by atoms with Crippen molar-refractivity contribution in [2.24, 2.45) is 7.05 Å². The third-order valence-electron chi connectivity index (χ3n) is 8.76. The van der Waals surface area contributed by atoms with E-state index in [0.717, 1.165) is 18.4 Å². The van der Waals surface area contributed by atoms with Gasteiger partial charge in [0.25, 0.3) is 0 Å². The molecule has 9 nitrogen and oxygen atoms in total. The van der Waals surface area contributed by atoms with Crippen LogP contribution in [0.25, 0.3) is 0 Å². The molecule has 0 N–H and O–H groups in total. The van der Waals surface area contributed by atoms with Gasteiger partial charge in [-0.15, -0.1) is 0 Å². The number of aromatic nitrogens is 3. The van der Waals surface area contributed by atoms with Gasteiger partial charge in [0.2, 0.25) is 5.91 Å². The van der Waals surface area contributed by atoms with Crippen LogP contribution in [-0.4, -0.2) is 88.4 Å². The van der Waals surface area contributed by atoms with Crippen molar-refractivity contribution in [3.63, 3.8) is 0 Å². The van der Waals surface area contributed by atoms with Gasteiger partial charge in [0, 0.05) is 82.6 Å². The number of pyridine rings is 1. The van der Waals surface area contributed by atoms with Gasteiger partial charge in [-0.1, -0.05) is 6.58 Å². The fraction of sp³-hybridized carbons (Fsp3) is 0.571. The minimum Gasteiger partial charge on any atom is -0.364 e. The summed E-state index contributed by atoms with van der Waals surface area (Å²) < 4.78 is 44.4. The van der Waals surface area contributed by atoms with Crippen LogP contribution in [-0.2, 0) is 18.0 Å². The summed E-state index contributed by atoms with van der Waals surface area (Å²) in [5.74, 6) is 0.445. The van der Waals surface area contributed by atoms with E-state index in [-0.39, 0.29) is 35.4 Å². The Bertz CT molecular complexity index is 1300. The van der Waals surface area contributed by atoms with E-state index in [1.54, 1.807) is 11.0 Å². The molecule has 2 unspecified atom stereocenters. The molecule has 0 aliphatic carbocycles. The Balaban J connectivity index is 1.36. The van der Waals surface area contributed by atoms with Crippen LogP contribution in [0, 0.1) is 18.3 Å². The summed E-state index contributed by atoms with van der Waals surface area (Å²) in [6.07, 6.45) is -0.0353. The number of anilines is 2. The van der Waals surface area contributed by atoms with E-state index in [1.807, 2.05) is 47.6 Å². The Hall–Kier alpha value is -3.59. The van der Waals surface area contributed by atoms with Crippen molar-refractivity contribution in [1.82, 2.24) is 24.6 Å². The molecule has 0 radical (unpaired) electrons. The number of hydrogen-bond acceptors (Lipinski definition) is 7. The molecule has 3 aliphatic rings. The quantitative estimate of drug-likeness (QED) is 0.523. The lowest BCUT2D eigenvalue weighted by atomic mass is 9.91. The van der Waals surface area contributed by atoms with Crippen molar-refractivity contribution in [3.8, 4) is 6.07 Å². The number of carbonyl (C=O) groups is 1. The highest BCUT2D eigenvalue weighted by molar-refractivity contribution is 5.87. The van der Waals surface area contributed by atoms with Gasteiger partial charge in [-0.3, -0.25) is 14.4 Å². The van der Waals surface area contributed by atoms with E-state index in [9.17, 15) is 23.2 Å². The summed E-state index contributed by atoms with van der Waals surface area (Å²) in [5, 5.41) is 14.2. The van der Waals surface area contributed by atoms with Crippen LogP contribution in [0.1, 0.15) is 48.2 Å². The molecule has 2 aromatic heterocycles. The SMILES string of the molecule is C=CC(=O)N1CCN(C2CN(c3cc(N4CCC(c5c(C)cnn5C)CC4)nc(C(F)(F)F)c3C#N)C2C)CC1. The highest BCUT2D eigenvalue weighted by Crippen LogP contribution is 2.41. The van der Waals surface area contributed by atoms with Crippen LogP contribution in [0.5, 0.6) is 0 Å². The van der Waals surface area contributed by atoms with Gasteiger partial charge < -0.3 is 14.7 Å². The third kappa shape index (κ3) is 5.03. The molecule has 0 spiro atoms. The minimum atomic E-state index is -4.75. The predicted octanol–water partition coefficient (Wildman–Crippen LogP) is 3.31. The fourth-order valence-electron chi connectivity index (χ4n) is 6.48. The monoisotopic (exact) mass is 556 g/mol. The first-order valence-corrected chi connectivity index (χ1v) is 13.7. The first-order chi connectivity index (χ1) is 19.0. The van der Waals surface area contributed by atoms with Gasteiger partial charge in [0.05, 0.1) is 11.9 Å². The van der Waals surface area contributed by atoms with Crippen LogP contribution in [0.3, 0.4) is 0 Å². The molecule has 40 heavy (non-hydrogen) atoms. The van der Waals surface area contributed by atoms with Crippen LogP contribution >= 0.6 is 0 Å². The number of nitriles is 1. The lowest BCUT2D eigenvalue weighted by Gasteiger charge is -2.54. The van der Waals surface area contributed by atoms with Crippen LogP contribution in [0.4, 0.5) is 24.7 Å². The first-order valence-electron chi connectivity index (χ1n) is 13.7. The van der Waals surface area contributed by atoms with Crippen molar-refractivity contribution in [1.29, 1.82) is 5.26 Å². The highest BCUT2D eigenvalue weighted by Gasteiger charge is 2.45. The molecular formula is C28H35F3N8O. The second-order valence-electron chi connectivity index (χ2n) is 11.0. The number of rotatable bonds is 5. The summed E-state index contributed by atoms with van der Waals surface area (Å²) in [5.41, 5.74) is 1.02. The normalized spacial score (nSPS) is 22.7. The summed E-state index contributed by atoms with van der Waals surface area (Å²) in [6.45, 7) is 11.7. The number of piperidine rings is 1. The number of nitrogens with zero attached hydrogens (tertiary/aromatic N) is 8. The lowest BCUT2D eigenvalue weighted by Crippen LogP contribution is -2.68. The third-order valence-corrected chi connectivity index (χ3v) is 8.76. The Morgan fingerprint density at radius 2 is 1.85 bits per heavy atom. The number of carbonyl (C=O) groups excluding carboxylic acids is 1. The molecule has 0 bridgehead atoms. The fourth-order valence-corrected chi connectivity index (χ4v) is 6.48. The van der Waals surface area contributed by atoms with Crippen molar-refractivity contribution >= 4 is 17.4 Å². The predicted molar refractivity (Wildman–Crippen MR) is 145 cm³/mol. The molecule has 5 heterocycles. The molecule has 1 amide bonds. The molecule has 3 fully saturated rings. The van der Waals surface area contributed by atoms with E-state index < -0.39 is 17.4 Å². The van der Waals surface area contributed by atoms with Crippen LogP contribution in [0.2, 0.25) is 0 Å². The molecule has 3 saturated heterocycles. The van der Waals surface area contributed by atoms with E-state index in [0.29, 0.717) is 45.8 Å². The maximum atomic E-state index is 14.2. The number of hydrogen-bond donors (Lipinski definition) is 0. The van der Waals surface area contributed by atoms with Crippen LogP contribution in [0.15, 0.2) is 24.9 Å². The van der Waals surface area contributed by atoms with Gasteiger partial charge in [-0.05, 0) is 38.3 Å². The zero-order valence-electron chi connectivity index (χ0n) is 23.2. The van der Waals surface area contributed by atoms with Gasteiger partial charge in [0.15, 0.2) is 5.69 Å². The second-order valence-corrected chi connectivity index (χ2v) is 11.0. The first kappa shape index (κ1) is 28.0. The van der Waals surface area contributed by atoms with Gasteiger partial charge in [-0.25, -0.2) is 4.98 Å². The van der Waals surface area contributed by atoms with Gasteiger partial charge >= 0.3 is 6.18 Å². The van der Waals surface area contributed by atoms with E-state index in [2.05, 4.69) is 21.6 Å². The van der Waals surface area contributed by atoms with Crippen molar-refractivity contribution in [2.45, 2.75) is 50.9 Å². The number of alkyl halides is 3. The van der Waals surface area contributed by atoms with E-state index in [4.69, 9.17) is 0 Å². The molecule has 2 atom stereocenters. The summed E-state index contributed by atoms with van der Waals surface area (Å²) >= 11 is 0. The smallest absolute Gasteiger partial charge is 0.364 e. The number of amides is 1. The topological polar surface area (TPSA) is 84.5 Å². The highest BCUT2D eigenvalue weighted by atomic mass is 19.4. The molecule has 2 aromatic rings. The van der Waals surface area contributed by atoms with Gasteiger partial charge in [0.1, 0.15) is 17.5 Å². The number of aryl methyl sites for hydroxylation is 2. The maximum absolute atomic E-state index is 14.2. The van der Waals surface area contributed by atoms with Crippen molar-refractivity contribution < 1.29 is 18.0 Å². The zero-order valence-corrected chi connectivity index (χ0v) is 23.2. The standard InChI is InChI=1S/C28H35F3N8O/c1-5-25(40)38-12-10-36(11-13-38)23-17-39(19(23)3)22-14-24(34-27(21(22)15-32)28(29,30)31)37-8-6-20(7-9-37)26-18(2)16-33-35(26)4/h5,14,16,19-20,23H,1,6-13,17H2,2-4H3. The molecule has 0 aromatic carbocycles. The van der Waals surface area contributed by atoms with Gasteiger partial charge in [-0.2, -0.15) is 23.5 Å². The average molecular weight is 557 g/mol. The molecule has 0 saturated carbocycles. The van der Waals surface area contributed by atoms with E-state index in [1.165, 1.54) is 11.8 Å². The van der Waals surface area contributed by atoms with Crippen molar-refractivity contribution in [2.75, 3.05) is 55.6 Å². The maximum Gasteiger partial charge on any atom is 0.434 e. The van der Waals surface area contributed by atoms with Crippen molar-refractivity contribution in [3.05, 3.63) is 47.4 Å².